The van der Waals surface area contributed by atoms with Crippen molar-refractivity contribution in [1.29, 1.82) is 10.5 Å². The number of aromatic nitrogens is 2. The van der Waals surface area contributed by atoms with Crippen molar-refractivity contribution in [3.63, 3.8) is 0 Å². The van der Waals surface area contributed by atoms with E-state index in [1.165, 1.54) is 0 Å². The Morgan fingerprint density at radius 1 is 0.633 bits per heavy atom. The van der Waals surface area contributed by atoms with Crippen LogP contribution in [0.25, 0.3) is 67.0 Å². The highest BCUT2D eigenvalue weighted by Gasteiger charge is 2.26. The van der Waals surface area contributed by atoms with Crippen LogP contribution in [0.3, 0.4) is 0 Å². The topological polar surface area (TPSA) is 75.9 Å². The molecule has 0 unspecified atom stereocenters. The molecule has 0 radical (unpaired) electrons. The van der Waals surface area contributed by atoms with Crippen LogP contribution in [0, 0.1) is 29.6 Å². The van der Waals surface area contributed by atoms with Crippen LogP contribution in [0.2, 0.25) is 0 Å². The van der Waals surface area contributed by atoms with E-state index < -0.39 is 0 Å². The van der Waals surface area contributed by atoms with Crippen molar-refractivity contribution >= 4 is 55.6 Å². The molecule has 7 aromatic carbocycles. The normalized spacial score (nSPS) is 12.3. The molecule has 0 atom stereocenters. The van der Waals surface area contributed by atoms with Crippen molar-refractivity contribution in [2.75, 3.05) is 0 Å². The summed E-state index contributed by atoms with van der Waals surface area (Å²) >= 11 is 0. The van der Waals surface area contributed by atoms with Gasteiger partial charge in [0.1, 0.15) is 35.1 Å². The number of hydrogen-bond donors (Lipinski definition) is 0. The van der Waals surface area contributed by atoms with Gasteiger partial charge in [-0.2, -0.15) is 10.5 Å². The molecule has 0 spiro atoms. The molecule has 6 heteroatoms. The number of benzene rings is 7. The Kier molecular flexibility index (Phi) is 8.94. The van der Waals surface area contributed by atoms with Crippen molar-refractivity contribution in [3.8, 4) is 40.8 Å². The molecule has 0 fully saturated rings. The minimum Gasteiger partial charge on any atom is -0.457 e. The van der Waals surface area contributed by atoms with E-state index in [0.29, 0.717) is 40.4 Å². The van der Waals surface area contributed by atoms with Crippen LogP contribution in [0.4, 0.5) is 0 Å². The summed E-state index contributed by atoms with van der Waals surface area (Å²) in [5, 5.41) is 27.3. The monoisotopic (exact) mass is 772 g/mol. The molecule has 0 aliphatic heterocycles. The lowest BCUT2D eigenvalue weighted by Crippen LogP contribution is -2.06. The first kappa shape index (κ1) is 36.0. The molecule has 2 aromatic heterocycles. The Morgan fingerprint density at radius 3 is 2.02 bits per heavy atom. The lowest BCUT2D eigenvalue weighted by Gasteiger charge is -2.17. The lowest BCUT2D eigenvalue weighted by atomic mass is 9.99. The van der Waals surface area contributed by atoms with Crippen molar-refractivity contribution < 1.29 is 9.47 Å². The van der Waals surface area contributed by atoms with Crippen molar-refractivity contribution in [2.45, 2.75) is 13.3 Å². The fraction of sp³-hybridized carbons (Fsp3) is 0.0370. The second-order valence-electron chi connectivity index (χ2n) is 14.8. The van der Waals surface area contributed by atoms with E-state index in [1.54, 1.807) is 6.08 Å². The summed E-state index contributed by atoms with van der Waals surface area (Å²) in [6.45, 7) is 6.03. The summed E-state index contributed by atoms with van der Waals surface area (Å²) in [4.78, 5) is 0. The molecule has 0 saturated carbocycles. The van der Waals surface area contributed by atoms with E-state index in [4.69, 9.17) is 9.47 Å². The average molecular weight is 773 g/mol. The van der Waals surface area contributed by atoms with E-state index >= 15 is 0 Å². The summed E-state index contributed by atoms with van der Waals surface area (Å²) in [6.07, 6.45) is 12.5. The van der Waals surface area contributed by atoms with Crippen molar-refractivity contribution in [1.82, 2.24) is 9.13 Å². The van der Waals surface area contributed by atoms with Crippen LogP contribution in [0.1, 0.15) is 33.5 Å². The first-order chi connectivity index (χ1) is 29.5. The van der Waals surface area contributed by atoms with Gasteiger partial charge < -0.3 is 18.6 Å². The Balaban J connectivity index is 1.22. The van der Waals surface area contributed by atoms with E-state index in [2.05, 4.69) is 95.5 Å². The number of nitrogens with zero attached hydrogens (tertiary/aromatic N) is 4. The van der Waals surface area contributed by atoms with E-state index in [-0.39, 0.29) is 0 Å². The molecular weight excluding hydrogens is 737 g/mol. The van der Waals surface area contributed by atoms with Crippen molar-refractivity contribution in [3.05, 3.63) is 210 Å². The van der Waals surface area contributed by atoms with Crippen LogP contribution in [0.5, 0.6) is 17.2 Å². The number of allylic oxidation sites excluding steroid dienone is 4. The smallest absolute Gasteiger partial charge is 0.128 e. The third-order valence-electron chi connectivity index (χ3n) is 11.2. The molecule has 284 valence electrons. The maximum Gasteiger partial charge on any atom is 0.128 e. The van der Waals surface area contributed by atoms with E-state index in [9.17, 15) is 10.5 Å². The molecule has 10 rings (SSSR count). The highest BCUT2D eigenvalue weighted by atomic mass is 16.5. The molecule has 60 heavy (non-hydrogen) atoms. The predicted octanol–water partition coefficient (Wildman–Crippen LogP) is 13.5. The molecular formula is C54H36N4O2. The molecule has 0 N–H and O–H groups in total. The van der Waals surface area contributed by atoms with Gasteiger partial charge in [0.25, 0.3) is 0 Å². The fourth-order valence-electron chi connectivity index (χ4n) is 8.61. The van der Waals surface area contributed by atoms with Crippen molar-refractivity contribution in [2.24, 2.45) is 0 Å². The third kappa shape index (κ3) is 6.03. The predicted molar refractivity (Wildman–Crippen MR) is 243 cm³/mol. The first-order valence-electron chi connectivity index (χ1n) is 19.8. The SMILES string of the molecule is C=C/C=C\c1c(C)ccc2c1c1c(n2-c2cc(C#N)c(-n3c4ccc(Oc5ccccc5)cc4c4c5ccccc5ccc43)cc2C#N)CC=CC(Oc2ccccc2)=C1. The molecule has 1 aliphatic rings. The van der Waals surface area contributed by atoms with Crippen LogP contribution >= 0.6 is 0 Å². The molecule has 2 heterocycles. The first-order valence-corrected chi connectivity index (χ1v) is 19.8. The Hall–Kier alpha value is -8.32. The number of hydrogen-bond acceptors (Lipinski definition) is 4. The zero-order valence-corrected chi connectivity index (χ0v) is 32.8. The number of fused-ring (bicyclic) bond motifs is 8. The highest BCUT2D eigenvalue weighted by molar-refractivity contribution is 6.21. The molecule has 0 amide bonds. The van der Waals surface area contributed by atoms with Gasteiger partial charge in [0.2, 0.25) is 0 Å². The van der Waals surface area contributed by atoms with E-state index in [1.807, 2.05) is 109 Å². The third-order valence-corrected chi connectivity index (χ3v) is 11.2. The second-order valence-corrected chi connectivity index (χ2v) is 14.8. The molecule has 0 bridgehead atoms. The summed E-state index contributed by atoms with van der Waals surface area (Å²) < 4.78 is 17.0. The average Bonchev–Trinajstić information content (AvgIpc) is 3.69. The fourth-order valence-corrected chi connectivity index (χ4v) is 8.61. The molecule has 1 aliphatic carbocycles. The zero-order chi connectivity index (χ0) is 40.7. The van der Waals surface area contributed by atoms with Gasteiger partial charge in [-0.1, -0.05) is 104 Å². The summed E-state index contributed by atoms with van der Waals surface area (Å²) in [7, 11) is 0. The van der Waals surface area contributed by atoms with Gasteiger partial charge in [0.15, 0.2) is 0 Å². The lowest BCUT2D eigenvalue weighted by molar-refractivity contribution is 0.449. The number of nitriles is 2. The van der Waals surface area contributed by atoms with Crippen LogP contribution in [-0.4, -0.2) is 9.13 Å². The Labute approximate surface area is 347 Å². The zero-order valence-electron chi connectivity index (χ0n) is 32.8. The minimum atomic E-state index is 0.433. The second kappa shape index (κ2) is 14.9. The van der Waals surface area contributed by atoms with Gasteiger partial charge in [0.05, 0.1) is 39.1 Å². The quantitative estimate of drug-likeness (QED) is 0.144. The van der Waals surface area contributed by atoms with Gasteiger partial charge >= 0.3 is 0 Å². The largest absolute Gasteiger partial charge is 0.457 e. The number of rotatable bonds is 8. The van der Waals surface area contributed by atoms with Gasteiger partial charge in [-0.3, -0.25) is 0 Å². The van der Waals surface area contributed by atoms with Gasteiger partial charge in [-0.25, -0.2) is 0 Å². The van der Waals surface area contributed by atoms with Crippen LogP contribution in [0.15, 0.2) is 176 Å². The van der Waals surface area contributed by atoms with Crippen LogP contribution < -0.4 is 9.47 Å². The maximum atomic E-state index is 11.1. The number of para-hydroxylation sites is 2. The van der Waals surface area contributed by atoms with E-state index in [0.717, 1.165) is 77.4 Å². The van der Waals surface area contributed by atoms with Gasteiger partial charge in [-0.15, -0.1) is 0 Å². The standard InChI is InChI=1S/C54H36N4O2/c1-3-4-20-43-35(2)23-26-49-53(43)45-31-41(59-39-15-7-5-8-16-39)19-13-22-47(45)57(49)51-29-38(34-56)52(30-37(51)33-55)58-48-28-25-42(60-40-17-9-6-10-18-40)32-46(48)54-44-21-12-11-14-36(44)24-27-50(54)58/h3-21,23-32H,1,22H2,2H3/b20-4-. The molecule has 6 nitrogen and oxygen atoms in total. The molecule has 9 aromatic rings. The van der Waals surface area contributed by atoms with Crippen LogP contribution in [-0.2, 0) is 6.42 Å². The van der Waals surface area contributed by atoms with Gasteiger partial charge in [-0.05, 0) is 108 Å². The molecule has 0 saturated heterocycles. The number of ether oxygens (including phenoxy) is 2. The number of aryl methyl sites for hydroxylation is 1. The Morgan fingerprint density at radius 2 is 1.28 bits per heavy atom. The Bertz CT molecular complexity index is 3390. The minimum absolute atomic E-state index is 0.433. The summed E-state index contributed by atoms with van der Waals surface area (Å²) in [5.74, 6) is 2.88. The maximum absolute atomic E-state index is 11.1. The summed E-state index contributed by atoms with van der Waals surface area (Å²) in [6, 6.07) is 51.1. The summed E-state index contributed by atoms with van der Waals surface area (Å²) in [5.41, 5.74) is 8.97. The van der Waals surface area contributed by atoms with Gasteiger partial charge in [0, 0.05) is 33.8 Å². The highest BCUT2D eigenvalue weighted by Crippen LogP contribution is 2.42.